The van der Waals surface area contributed by atoms with Gasteiger partial charge in [0.1, 0.15) is 5.82 Å². The van der Waals surface area contributed by atoms with Gasteiger partial charge in [0.25, 0.3) is 0 Å². The zero-order valence-corrected chi connectivity index (χ0v) is 11.9. The predicted molar refractivity (Wildman–Crippen MR) is 77.5 cm³/mol. The van der Waals surface area contributed by atoms with Gasteiger partial charge < -0.3 is 10.3 Å². The smallest absolute Gasteiger partial charge is 0.113 e. The first kappa shape index (κ1) is 13.3. The number of hydrogen-bond donors (Lipinski definition) is 1. The minimum absolute atomic E-state index is 0.761. The Morgan fingerprint density at radius 3 is 2.67 bits per heavy atom. The lowest BCUT2D eigenvalue weighted by atomic mass is 10.1. The molecular weight excluding hydrogens is 290 g/mol. The summed E-state index contributed by atoms with van der Waals surface area (Å²) in [6.07, 6.45) is 6.97. The number of rotatable bonds is 6. The van der Waals surface area contributed by atoms with E-state index in [0.717, 1.165) is 42.6 Å². The van der Waals surface area contributed by atoms with Crippen molar-refractivity contribution >= 4 is 15.9 Å². The topological polar surface area (TPSA) is 43.8 Å². The van der Waals surface area contributed by atoms with Gasteiger partial charge in [0.15, 0.2) is 0 Å². The summed E-state index contributed by atoms with van der Waals surface area (Å²) in [5.41, 5.74) is 6.80. The van der Waals surface area contributed by atoms with E-state index in [1.807, 2.05) is 12.4 Å². The second-order valence-electron chi connectivity index (χ2n) is 4.34. The predicted octanol–water partition coefficient (Wildman–Crippen LogP) is 2.98. The Bertz CT molecular complexity index is 476. The van der Waals surface area contributed by atoms with Crippen LogP contribution in [-0.4, -0.2) is 16.1 Å². The Balaban J connectivity index is 2.00. The zero-order chi connectivity index (χ0) is 12.8. The molecular formula is C14H18BrN3. The molecule has 0 aliphatic heterocycles. The highest BCUT2D eigenvalue weighted by atomic mass is 79.9. The fourth-order valence-electron chi connectivity index (χ4n) is 1.92. The molecule has 2 N–H and O–H groups in total. The highest BCUT2D eigenvalue weighted by molar-refractivity contribution is 9.10. The number of hydrogen-bond acceptors (Lipinski definition) is 2. The molecule has 0 aliphatic rings. The van der Waals surface area contributed by atoms with E-state index in [4.69, 9.17) is 5.73 Å². The van der Waals surface area contributed by atoms with Crippen LogP contribution in [0, 0.1) is 0 Å². The van der Waals surface area contributed by atoms with Gasteiger partial charge in [0.2, 0.25) is 0 Å². The molecule has 0 radical (unpaired) electrons. The lowest BCUT2D eigenvalue weighted by molar-refractivity contribution is 0.595. The molecule has 3 nitrogen and oxygen atoms in total. The van der Waals surface area contributed by atoms with Gasteiger partial charge in [-0.2, -0.15) is 0 Å². The Morgan fingerprint density at radius 2 is 1.94 bits per heavy atom. The highest BCUT2D eigenvalue weighted by Gasteiger charge is 2.03. The van der Waals surface area contributed by atoms with Crippen molar-refractivity contribution in [2.45, 2.75) is 25.8 Å². The highest BCUT2D eigenvalue weighted by Crippen LogP contribution is 2.13. The van der Waals surface area contributed by atoms with Crippen LogP contribution in [0.2, 0.25) is 0 Å². The van der Waals surface area contributed by atoms with Gasteiger partial charge in [0.05, 0.1) is 0 Å². The lowest BCUT2D eigenvalue weighted by Gasteiger charge is -2.07. The molecule has 0 aliphatic carbocycles. The molecule has 1 aromatic heterocycles. The van der Waals surface area contributed by atoms with Crippen molar-refractivity contribution in [2.75, 3.05) is 6.54 Å². The van der Waals surface area contributed by atoms with Crippen LogP contribution in [-0.2, 0) is 13.0 Å². The SMILES string of the molecule is NCCCCn1ccnc1Cc1ccc(Br)cc1. The minimum atomic E-state index is 0.761. The number of unbranched alkanes of at least 4 members (excludes halogenated alkanes) is 1. The Labute approximate surface area is 116 Å². The molecule has 0 saturated carbocycles. The molecule has 18 heavy (non-hydrogen) atoms. The van der Waals surface area contributed by atoms with Gasteiger partial charge in [-0.1, -0.05) is 28.1 Å². The van der Waals surface area contributed by atoms with Crippen LogP contribution < -0.4 is 5.73 Å². The first-order valence-electron chi connectivity index (χ1n) is 6.24. The molecule has 2 rings (SSSR count). The van der Waals surface area contributed by atoms with E-state index in [-0.39, 0.29) is 0 Å². The number of benzene rings is 1. The number of aromatic nitrogens is 2. The van der Waals surface area contributed by atoms with E-state index in [0.29, 0.717) is 0 Å². The fraction of sp³-hybridized carbons (Fsp3) is 0.357. The Hall–Kier alpha value is -1.13. The van der Waals surface area contributed by atoms with E-state index in [1.54, 1.807) is 0 Å². The maximum absolute atomic E-state index is 5.51. The molecule has 4 heteroatoms. The third-order valence-corrected chi connectivity index (χ3v) is 3.46. The van der Waals surface area contributed by atoms with E-state index >= 15 is 0 Å². The number of nitrogens with zero attached hydrogens (tertiary/aromatic N) is 2. The van der Waals surface area contributed by atoms with Gasteiger partial charge in [-0.15, -0.1) is 0 Å². The molecule has 2 aromatic rings. The third-order valence-electron chi connectivity index (χ3n) is 2.93. The van der Waals surface area contributed by atoms with Crippen molar-refractivity contribution in [1.29, 1.82) is 0 Å². The van der Waals surface area contributed by atoms with Crippen molar-refractivity contribution in [1.82, 2.24) is 9.55 Å². The monoisotopic (exact) mass is 307 g/mol. The van der Waals surface area contributed by atoms with Gasteiger partial charge in [0, 0.05) is 29.8 Å². The molecule has 0 spiro atoms. The van der Waals surface area contributed by atoms with Crippen LogP contribution >= 0.6 is 15.9 Å². The normalized spacial score (nSPS) is 10.8. The molecule has 0 atom stereocenters. The van der Waals surface area contributed by atoms with Crippen LogP contribution in [0.4, 0.5) is 0 Å². The van der Waals surface area contributed by atoms with Crippen LogP contribution in [0.25, 0.3) is 0 Å². The summed E-state index contributed by atoms with van der Waals surface area (Å²) in [5.74, 6) is 1.12. The standard InChI is InChI=1S/C14H18BrN3/c15-13-5-3-12(4-6-13)11-14-17-8-10-18(14)9-2-1-7-16/h3-6,8,10H,1-2,7,9,11,16H2. The minimum Gasteiger partial charge on any atom is -0.335 e. The maximum atomic E-state index is 5.51. The molecule has 0 bridgehead atoms. The average molecular weight is 308 g/mol. The molecule has 1 heterocycles. The number of nitrogens with two attached hydrogens (primary N) is 1. The van der Waals surface area contributed by atoms with Crippen LogP contribution in [0.15, 0.2) is 41.1 Å². The van der Waals surface area contributed by atoms with E-state index in [9.17, 15) is 0 Å². The van der Waals surface area contributed by atoms with E-state index < -0.39 is 0 Å². The number of aryl methyl sites for hydroxylation is 1. The maximum Gasteiger partial charge on any atom is 0.113 e. The first-order chi connectivity index (χ1) is 8.79. The van der Waals surface area contributed by atoms with E-state index in [1.165, 1.54) is 5.56 Å². The average Bonchev–Trinajstić information content (AvgIpc) is 2.80. The Morgan fingerprint density at radius 1 is 1.17 bits per heavy atom. The van der Waals surface area contributed by atoms with Crippen LogP contribution in [0.5, 0.6) is 0 Å². The van der Waals surface area contributed by atoms with Gasteiger partial charge >= 0.3 is 0 Å². The molecule has 1 aromatic carbocycles. The summed E-state index contributed by atoms with van der Waals surface area (Å²) in [6.45, 7) is 1.76. The van der Waals surface area contributed by atoms with Crippen LogP contribution in [0.1, 0.15) is 24.2 Å². The molecule has 96 valence electrons. The largest absolute Gasteiger partial charge is 0.335 e. The molecule has 0 saturated heterocycles. The van der Waals surface area contributed by atoms with Crippen molar-refractivity contribution in [3.8, 4) is 0 Å². The second kappa shape index (κ2) is 6.71. The molecule has 0 fully saturated rings. The summed E-state index contributed by atoms with van der Waals surface area (Å²) in [4.78, 5) is 4.43. The molecule has 0 amide bonds. The van der Waals surface area contributed by atoms with Gasteiger partial charge in [-0.25, -0.2) is 4.98 Å². The number of halogens is 1. The van der Waals surface area contributed by atoms with Crippen LogP contribution in [0.3, 0.4) is 0 Å². The summed E-state index contributed by atoms with van der Waals surface area (Å²) in [6, 6.07) is 8.39. The Kier molecular flexibility index (Phi) is 4.96. The van der Waals surface area contributed by atoms with Gasteiger partial charge in [-0.3, -0.25) is 0 Å². The van der Waals surface area contributed by atoms with E-state index in [2.05, 4.69) is 49.7 Å². The summed E-state index contributed by atoms with van der Waals surface area (Å²) >= 11 is 3.45. The fourth-order valence-corrected chi connectivity index (χ4v) is 2.19. The third kappa shape index (κ3) is 3.68. The zero-order valence-electron chi connectivity index (χ0n) is 10.3. The summed E-state index contributed by atoms with van der Waals surface area (Å²) < 4.78 is 3.33. The molecule has 0 unspecified atom stereocenters. The summed E-state index contributed by atoms with van der Waals surface area (Å²) in [7, 11) is 0. The summed E-state index contributed by atoms with van der Waals surface area (Å²) in [5, 5.41) is 0. The van der Waals surface area contributed by atoms with Crippen molar-refractivity contribution < 1.29 is 0 Å². The van der Waals surface area contributed by atoms with Crippen molar-refractivity contribution in [3.05, 3.63) is 52.5 Å². The lowest BCUT2D eigenvalue weighted by Crippen LogP contribution is -2.06. The quantitative estimate of drug-likeness (QED) is 0.834. The van der Waals surface area contributed by atoms with Crippen molar-refractivity contribution in [2.24, 2.45) is 5.73 Å². The second-order valence-corrected chi connectivity index (χ2v) is 5.25. The van der Waals surface area contributed by atoms with Gasteiger partial charge in [-0.05, 0) is 37.1 Å². The number of imidazole rings is 1. The van der Waals surface area contributed by atoms with Crippen molar-refractivity contribution in [3.63, 3.8) is 0 Å². The first-order valence-corrected chi connectivity index (χ1v) is 7.03.